The first-order valence-electron chi connectivity index (χ1n) is 6.30. The maximum Gasteiger partial charge on any atom is 0.255 e. The number of oxime groups is 1. The largest absolute Gasteiger partial charge is 0.409 e. The van der Waals surface area contributed by atoms with E-state index < -0.39 is 5.82 Å². The number of carbonyl (C=O) groups excluding carboxylic acids is 1. The van der Waals surface area contributed by atoms with E-state index in [4.69, 9.17) is 10.9 Å². The summed E-state index contributed by atoms with van der Waals surface area (Å²) in [4.78, 5) is 17.5. The van der Waals surface area contributed by atoms with E-state index in [1.165, 1.54) is 6.20 Å². The number of hydrogen-bond donors (Lipinski definition) is 2. The molecule has 1 heterocycles. The van der Waals surface area contributed by atoms with Crippen LogP contribution in [0.4, 0.5) is 4.39 Å². The molecule has 0 radical (unpaired) electrons. The van der Waals surface area contributed by atoms with Crippen LogP contribution in [-0.2, 0) is 0 Å². The molecule has 0 saturated heterocycles. The Morgan fingerprint density at radius 1 is 1.55 bits per heavy atom. The van der Waals surface area contributed by atoms with Gasteiger partial charge in [0.05, 0.1) is 11.8 Å². The number of carbonyl (C=O) groups is 1. The van der Waals surface area contributed by atoms with Crippen molar-refractivity contribution in [3.05, 3.63) is 29.8 Å². The van der Waals surface area contributed by atoms with Crippen molar-refractivity contribution in [2.45, 2.75) is 20.3 Å². The van der Waals surface area contributed by atoms with Gasteiger partial charge in [0.2, 0.25) is 0 Å². The summed E-state index contributed by atoms with van der Waals surface area (Å²) in [6.07, 6.45) is 2.61. The zero-order valence-electron chi connectivity index (χ0n) is 11.6. The Balaban J connectivity index is 2.84. The summed E-state index contributed by atoms with van der Waals surface area (Å²) in [6.45, 7) is 4.72. The minimum absolute atomic E-state index is 0.0453. The van der Waals surface area contributed by atoms with Crippen LogP contribution in [0.5, 0.6) is 0 Å². The first-order chi connectivity index (χ1) is 9.43. The quantitative estimate of drug-likeness (QED) is 0.357. The topological polar surface area (TPSA) is 91.8 Å². The number of pyridine rings is 1. The molecule has 1 amide bonds. The van der Waals surface area contributed by atoms with Crippen LogP contribution in [0.3, 0.4) is 0 Å². The van der Waals surface area contributed by atoms with E-state index in [0.717, 1.165) is 12.3 Å². The Labute approximate surface area is 117 Å². The highest BCUT2D eigenvalue weighted by Gasteiger charge is 2.18. The number of nitrogens with two attached hydrogens (primary N) is 1. The van der Waals surface area contributed by atoms with Gasteiger partial charge in [0.15, 0.2) is 0 Å². The summed E-state index contributed by atoms with van der Waals surface area (Å²) in [5, 5.41) is 11.4. The van der Waals surface area contributed by atoms with E-state index >= 15 is 0 Å². The fourth-order valence-corrected chi connectivity index (χ4v) is 1.73. The van der Waals surface area contributed by atoms with Gasteiger partial charge in [0.25, 0.3) is 5.91 Å². The van der Waals surface area contributed by atoms with Gasteiger partial charge in [-0.3, -0.25) is 9.78 Å². The van der Waals surface area contributed by atoms with Crippen LogP contribution in [-0.4, -0.2) is 39.9 Å². The molecule has 0 aliphatic carbocycles. The maximum absolute atomic E-state index is 13.1. The van der Waals surface area contributed by atoms with Gasteiger partial charge >= 0.3 is 0 Å². The number of hydrogen-bond acceptors (Lipinski definition) is 4. The highest BCUT2D eigenvalue weighted by molar-refractivity contribution is 5.94. The van der Waals surface area contributed by atoms with E-state index in [2.05, 4.69) is 10.1 Å². The summed E-state index contributed by atoms with van der Waals surface area (Å²) in [5.74, 6) is -0.593. The number of halogens is 1. The molecule has 0 spiro atoms. The van der Waals surface area contributed by atoms with Crippen LogP contribution >= 0.6 is 0 Å². The Bertz CT molecular complexity index is 491. The predicted octanol–water partition coefficient (Wildman–Crippen LogP) is 1.46. The van der Waals surface area contributed by atoms with Crippen molar-refractivity contribution in [2.24, 2.45) is 16.8 Å². The van der Waals surface area contributed by atoms with Crippen LogP contribution in [0.2, 0.25) is 0 Å². The highest BCUT2D eigenvalue weighted by Crippen LogP contribution is 2.09. The van der Waals surface area contributed by atoms with Crippen LogP contribution in [0.1, 0.15) is 30.6 Å². The van der Waals surface area contributed by atoms with Gasteiger partial charge in [0.1, 0.15) is 11.7 Å². The molecule has 0 fully saturated rings. The molecule has 0 unspecified atom stereocenters. The monoisotopic (exact) mass is 282 g/mol. The van der Waals surface area contributed by atoms with Crippen molar-refractivity contribution in [3.8, 4) is 0 Å². The van der Waals surface area contributed by atoms with Gasteiger partial charge < -0.3 is 15.8 Å². The third-order valence-corrected chi connectivity index (χ3v) is 2.59. The van der Waals surface area contributed by atoms with Gasteiger partial charge in [0, 0.05) is 25.7 Å². The van der Waals surface area contributed by atoms with Gasteiger partial charge in [-0.15, -0.1) is 0 Å². The Morgan fingerprint density at radius 2 is 2.25 bits per heavy atom. The summed E-state index contributed by atoms with van der Waals surface area (Å²) in [5.41, 5.74) is 5.59. The van der Waals surface area contributed by atoms with Crippen LogP contribution < -0.4 is 5.73 Å². The molecule has 20 heavy (non-hydrogen) atoms. The lowest BCUT2D eigenvalue weighted by molar-refractivity contribution is 0.0739. The summed E-state index contributed by atoms with van der Waals surface area (Å²) in [7, 11) is 0. The average Bonchev–Trinajstić information content (AvgIpc) is 2.41. The van der Waals surface area contributed by atoms with Crippen LogP contribution in [0.25, 0.3) is 0 Å². The maximum atomic E-state index is 13.1. The SMILES string of the molecule is CC(C)CN(CC/C(N)=N/O)C(=O)c1cncc(F)c1. The van der Waals surface area contributed by atoms with Crippen molar-refractivity contribution in [3.63, 3.8) is 0 Å². The number of nitrogens with zero attached hydrogens (tertiary/aromatic N) is 3. The molecular weight excluding hydrogens is 263 g/mol. The highest BCUT2D eigenvalue weighted by atomic mass is 19.1. The molecule has 6 nitrogen and oxygen atoms in total. The van der Waals surface area contributed by atoms with Crippen LogP contribution in [0.15, 0.2) is 23.6 Å². The molecule has 0 bridgehead atoms. The van der Waals surface area contributed by atoms with E-state index in [1.54, 1.807) is 4.90 Å². The smallest absolute Gasteiger partial charge is 0.255 e. The first kappa shape index (κ1) is 15.9. The second-order valence-electron chi connectivity index (χ2n) is 4.88. The Hall–Kier alpha value is -2.18. The zero-order chi connectivity index (χ0) is 15.1. The molecule has 110 valence electrons. The molecule has 7 heteroatoms. The van der Waals surface area contributed by atoms with Gasteiger partial charge in [-0.2, -0.15) is 0 Å². The predicted molar refractivity (Wildman–Crippen MR) is 73.0 cm³/mol. The molecule has 1 aromatic heterocycles. The Morgan fingerprint density at radius 3 is 2.80 bits per heavy atom. The van der Waals surface area contributed by atoms with Gasteiger partial charge in [-0.25, -0.2) is 4.39 Å². The van der Waals surface area contributed by atoms with Crippen molar-refractivity contribution >= 4 is 11.7 Å². The molecule has 0 aliphatic heterocycles. The fraction of sp³-hybridized carbons (Fsp3) is 0.462. The lowest BCUT2D eigenvalue weighted by atomic mass is 10.1. The first-order valence-corrected chi connectivity index (χ1v) is 6.30. The normalized spacial score (nSPS) is 11.7. The van der Waals surface area contributed by atoms with Gasteiger partial charge in [-0.05, 0) is 12.0 Å². The summed E-state index contributed by atoms with van der Waals surface area (Å²) < 4.78 is 13.1. The van der Waals surface area contributed by atoms with Crippen LogP contribution in [0, 0.1) is 11.7 Å². The fourth-order valence-electron chi connectivity index (χ4n) is 1.73. The molecule has 0 saturated carbocycles. The molecule has 0 atom stereocenters. The lowest BCUT2D eigenvalue weighted by Crippen LogP contribution is -2.36. The second-order valence-corrected chi connectivity index (χ2v) is 4.88. The average molecular weight is 282 g/mol. The van der Waals surface area contributed by atoms with E-state index in [0.29, 0.717) is 13.1 Å². The lowest BCUT2D eigenvalue weighted by Gasteiger charge is -2.24. The number of aromatic nitrogens is 1. The van der Waals surface area contributed by atoms with E-state index in [1.807, 2.05) is 13.8 Å². The number of rotatable bonds is 6. The minimum atomic E-state index is -0.559. The Kier molecular flexibility index (Phi) is 5.89. The second kappa shape index (κ2) is 7.42. The molecule has 0 aromatic carbocycles. The third kappa shape index (κ3) is 4.83. The molecule has 3 N–H and O–H groups in total. The standard InChI is InChI=1S/C13H19FN4O2/c1-9(2)8-18(4-3-12(15)17-20)13(19)10-5-11(14)7-16-6-10/h5-7,9,20H,3-4,8H2,1-2H3,(H2,15,17). The molecule has 1 aromatic rings. The van der Waals surface area contributed by atoms with Crippen molar-refractivity contribution in [1.29, 1.82) is 0 Å². The van der Waals surface area contributed by atoms with E-state index in [-0.39, 0.29) is 29.6 Å². The summed E-state index contributed by atoms with van der Waals surface area (Å²) in [6, 6.07) is 1.14. The number of amides is 1. The number of amidine groups is 1. The van der Waals surface area contributed by atoms with Gasteiger partial charge in [-0.1, -0.05) is 19.0 Å². The third-order valence-electron chi connectivity index (χ3n) is 2.59. The summed E-state index contributed by atoms with van der Waals surface area (Å²) >= 11 is 0. The molecular formula is C13H19FN4O2. The van der Waals surface area contributed by atoms with E-state index in [9.17, 15) is 9.18 Å². The zero-order valence-corrected chi connectivity index (χ0v) is 11.6. The van der Waals surface area contributed by atoms with Crippen molar-refractivity contribution < 1.29 is 14.4 Å². The molecule has 0 aliphatic rings. The van der Waals surface area contributed by atoms with Crippen molar-refractivity contribution in [1.82, 2.24) is 9.88 Å². The van der Waals surface area contributed by atoms with Crippen molar-refractivity contribution in [2.75, 3.05) is 13.1 Å². The molecule has 1 rings (SSSR count). The minimum Gasteiger partial charge on any atom is -0.409 e.